The van der Waals surface area contributed by atoms with Crippen LogP contribution in [0.2, 0.25) is 0 Å². The Morgan fingerprint density at radius 3 is 2.83 bits per heavy atom. The van der Waals surface area contributed by atoms with Crippen molar-refractivity contribution >= 4 is 11.5 Å². The van der Waals surface area contributed by atoms with E-state index < -0.39 is 0 Å². The average Bonchev–Trinajstić information content (AvgIpc) is 2.32. The van der Waals surface area contributed by atoms with Crippen molar-refractivity contribution in [3.05, 3.63) is 6.20 Å². The maximum atomic E-state index is 5.72. The number of aromatic nitrogens is 2. The summed E-state index contributed by atoms with van der Waals surface area (Å²) in [6.45, 7) is 7.03. The number of aryl methyl sites for hydroxylation is 1. The van der Waals surface area contributed by atoms with Crippen LogP contribution in [0.25, 0.3) is 0 Å². The van der Waals surface area contributed by atoms with E-state index in [1.165, 1.54) is 0 Å². The predicted octanol–water partition coefficient (Wildman–Crippen LogP) is 1.31. The molecule has 0 amide bonds. The third-order valence-electron chi connectivity index (χ3n) is 1.59. The molecule has 12 heavy (non-hydrogen) atoms. The first kappa shape index (κ1) is 8.90. The quantitative estimate of drug-likeness (QED) is 0.715. The summed E-state index contributed by atoms with van der Waals surface area (Å²) in [5.41, 5.74) is 6.43. The van der Waals surface area contributed by atoms with Crippen LogP contribution in [0.5, 0.6) is 0 Å². The maximum absolute atomic E-state index is 5.72. The lowest BCUT2D eigenvalue weighted by Gasteiger charge is -2.11. The molecule has 1 aromatic heterocycles. The third-order valence-corrected chi connectivity index (χ3v) is 1.59. The first-order valence-corrected chi connectivity index (χ1v) is 4.23. The summed E-state index contributed by atoms with van der Waals surface area (Å²) >= 11 is 0. The Balaban J connectivity index is 2.86. The van der Waals surface area contributed by atoms with Gasteiger partial charge in [0.2, 0.25) is 0 Å². The van der Waals surface area contributed by atoms with Gasteiger partial charge in [-0.2, -0.15) is 5.10 Å². The van der Waals surface area contributed by atoms with Crippen LogP contribution in [0.4, 0.5) is 11.5 Å². The fourth-order valence-corrected chi connectivity index (χ4v) is 1.07. The number of hydrogen-bond acceptors (Lipinski definition) is 3. The molecular weight excluding hydrogens is 152 g/mol. The van der Waals surface area contributed by atoms with E-state index >= 15 is 0 Å². The van der Waals surface area contributed by atoms with Crippen molar-refractivity contribution in [3.8, 4) is 0 Å². The molecule has 1 rings (SSSR count). The second kappa shape index (κ2) is 3.47. The minimum atomic E-state index is 0.384. The standard InChI is InChI=1S/C8H16N4/c1-4-12-8(11-6(2)3)7(9)5-10-12/h5-6,11H,4,9H2,1-3H3. The molecule has 68 valence electrons. The summed E-state index contributed by atoms with van der Waals surface area (Å²) in [6.07, 6.45) is 1.67. The molecule has 0 atom stereocenters. The van der Waals surface area contributed by atoms with E-state index in [1.54, 1.807) is 6.20 Å². The maximum Gasteiger partial charge on any atom is 0.147 e. The Bertz CT molecular complexity index is 252. The molecule has 0 radical (unpaired) electrons. The summed E-state index contributed by atoms with van der Waals surface area (Å²) in [5.74, 6) is 0.924. The molecule has 3 N–H and O–H groups in total. The predicted molar refractivity (Wildman–Crippen MR) is 51.1 cm³/mol. The molecule has 0 unspecified atom stereocenters. The fourth-order valence-electron chi connectivity index (χ4n) is 1.07. The van der Waals surface area contributed by atoms with Gasteiger partial charge in [0.05, 0.1) is 11.9 Å². The van der Waals surface area contributed by atoms with Gasteiger partial charge in [0.15, 0.2) is 0 Å². The molecule has 0 aromatic carbocycles. The van der Waals surface area contributed by atoms with Gasteiger partial charge in [-0.3, -0.25) is 0 Å². The van der Waals surface area contributed by atoms with Gasteiger partial charge in [0.25, 0.3) is 0 Å². The first-order chi connectivity index (χ1) is 5.65. The fraction of sp³-hybridized carbons (Fsp3) is 0.625. The Hall–Kier alpha value is -1.19. The Morgan fingerprint density at radius 1 is 1.67 bits per heavy atom. The van der Waals surface area contributed by atoms with Crippen molar-refractivity contribution < 1.29 is 0 Å². The molecule has 1 aromatic rings. The second-order valence-electron chi connectivity index (χ2n) is 3.06. The van der Waals surface area contributed by atoms with Crippen molar-refractivity contribution in [2.24, 2.45) is 0 Å². The molecule has 1 heterocycles. The lowest BCUT2D eigenvalue weighted by Crippen LogP contribution is -2.15. The topological polar surface area (TPSA) is 55.9 Å². The zero-order valence-electron chi connectivity index (χ0n) is 7.83. The van der Waals surface area contributed by atoms with Gasteiger partial charge < -0.3 is 11.1 Å². The van der Waals surface area contributed by atoms with Gasteiger partial charge in [-0.1, -0.05) is 0 Å². The highest BCUT2D eigenvalue weighted by molar-refractivity contribution is 5.60. The molecule has 4 heteroatoms. The van der Waals surface area contributed by atoms with Gasteiger partial charge in [-0.25, -0.2) is 4.68 Å². The van der Waals surface area contributed by atoms with E-state index in [0.717, 1.165) is 12.4 Å². The smallest absolute Gasteiger partial charge is 0.147 e. The average molecular weight is 168 g/mol. The minimum Gasteiger partial charge on any atom is -0.394 e. The van der Waals surface area contributed by atoms with Crippen LogP contribution in [-0.2, 0) is 6.54 Å². The third kappa shape index (κ3) is 1.69. The summed E-state index contributed by atoms with van der Waals surface area (Å²) in [4.78, 5) is 0. The summed E-state index contributed by atoms with van der Waals surface area (Å²) in [6, 6.07) is 0.384. The highest BCUT2D eigenvalue weighted by atomic mass is 15.3. The molecule has 0 bridgehead atoms. The van der Waals surface area contributed by atoms with E-state index in [9.17, 15) is 0 Å². The molecule has 0 fully saturated rings. The van der Waals surface area contributed by atoms with E-state index in [2.05, 4.69) is 24.3 Å². The number of nitrogen functional groups attached to an aromatic ring is 1. The number of rotatable bonds is 3. The number of nitrogens with one attached hydrogen (secondary N) is 1. The van der Waals surface area contributed by atoms with Gasteiger partial charge in [-0.05, 0) is 20.8 Å². The normalized spacial score (nSPS) is 10.7. The van der Waals surface area contributed by atoms with Crippen LogP contribution in [0.1, 0.15) is 20.8 Å². The lowest BCUT2D eigenvalue weighted by atomic mass is 10.4. The van der Waals surface area contributed by atoms with E-state index in [4.69, 9.17) is 5.73 Å². The zero-order chi connectivity index (χ0) is 9.14. The number of nitrogens with zero attached hydrogens (tertiary/aromatic N) is 2. The van der Waals surface area contributed by atoms with E-state index in [0.29, 0.717) is 11.7 Å². The monoisotopic (exact) mass is 168 g/mol. The Kier molecular flexibility index (Phi) is 2.58. The Labute approximate surface area is 72.8 Å². The molecule has 0 aliphatic rings. The van der Waals surface area contributed by atoms with Crippen LogP contribution < -0.4 is 11.1 Å². The van der Waals surface area contributed by atoms with Crippen LogP contribution >= 0.6 is 0 Å². The second-order valence-corrected chi connectivity index (χ2v) is 3.06. The number of nitrogens with two attached hydrogens (primary N) is 1. The minimum absolute atomic E-state index is 0.384. The van der Waals surface area contributed by atoms with Gasteiger partial charge in [0, 0.05) is 12.6 Å². The SMILES string of the molecule is CCn1ncc(N)c1NC(C)C. The van der Waals surface area contributed by atoms with Gasteiger partial charge >= 0.3 is 0 Å². The highest BCUT2D eigenvalue weighted by Gasteiger charge is 2.06. The van der Waals surface area contributed by atoms with E-state index in [-0.39, 0.29) is 0 Å². The molecule has 0 aliphatic heterocycles. The number of anilines is 2. The first-order valence-electron chi connectivity index (χ1n) is 4.23. The van der Waals surface area contributed by atoms with Crippen LogP contribution in [-0.4, -0.2) is 15.8 Å². The number of hydrogen-bond donors (Lipinski definition) is 2. The van der Waals surface area contributed by atoms with Crippen molar-refractivity contribution in [1.82, 2.24) is 9.78 Å². The molecule has 0 saturated heterocycles. The molecule has 0 saturated carbocycles. The molecule has 0 aliphatic carbocycles. The summed E-state index contributed by atoms with van der Waals surface area (Å²) < 4.78 is 1.86. The van der Waals surface area contributed by atoms with Crippen LogP contribution in [0, 0.1) is 0 Å². The molecular formula is C8H16N4. The van der Waals surface area contributed by atoms with Crippen molar-refractivity contribution in [1.29, 1.82) is 0 Å². The van der Waals surface area contributed by atoms with Crippen molar-refractivity contribution in [2.45, 2.75) is 33.4 Å². The van der Waals surface area contributed by atoms with Gasteiger partial charge in [0.1, 0.15) is 5.82 Å². The van der Waals surface area contributed by atoms with Gasteiger partial charge in [-0.15, -0.1) is 0 Å². The molecule has 4 nitrogen and oxygen atoms in total. The van der Waals surface area contributed by atoms with E-state index in [1.807, 2.05) is 11.6 Å². The zero-order valence-corrected chi connectivity index (χ0v) is 7.83. The molecule has 0 spiro atoms. The summed E-state index contributed by atoms with van der Waals surface area (Å²) in [7, 11) is 0. The van der Waals surface area contributed by atoms with Crippen LogP contribution in [0.15, 0.2) is 6.20 Å². The Morgan fingerprint density at radius 2 is 2.33 bits per heavy atom. The van der Waals surface area contributed by atoms with Crippen molar-refractivity contribution in [2.75, 3.05) is 11.1 Å². The summed E-state index contributed by atoms with van der Waals surface area (Å²) in [5, 5.41) is 7.36. The lowest BCUT2D eigenvalue weighted by molar-refractivity contribution is 0.658. The largest absolute Gasteiger partial charge is 0.394 e. The highest BCUT2D eigenvalue weighted by Crippen LogP contribution is 2.17. The van der Waals surface area contributed by atoms with Crippen LogP contribution in [0.3, 0.4) is 0 Å². The van der Waals surface area contributed by atoms with Crippen molar-refractivity contribution in [3.63, 3.8) is 0 Å².